The summed E-state index contributed by atoms with van der Waals surface area (Å²) in [6.45, 7) is 28.5. The zero-order valence-corrected chi connectivity index (χ0v) is 25.2. The molecule has 194 valence electrons. The third kappa shape index (κ3) is 4.78. The quantitative estimate of drug-likeness (QED) is 0.397. The highest BCUT2D eigenvalue weighted by molar-refractivity contribution is 5.81. The van der Waals surface area contributed by atoms with E-state index in [4.69, 9.17) is 0 Å². The predicted molar refractivity (Wildman–Crippen MR) is 159 cm³/mol. The van der Waals surface area contributed by atoms with Crippen LogP contribution in [-0.2, 0) is 10.8 Å². The summed E-state index contributed by atoms with van der Waals surface area (Å²) in [5.41, 5.74) is 12.4. The monoisotopic (exact) mass is 482 g/mol. The molecule has 0 aliphatic heterocycles. The Balaban J connectivity index is 1.84. The van der Waals surface area contributed by atoms with E-state index in [1.165, 1.54) is 45.4 Å². The van der Waals surface area contributed by atoms with E-state index < -0.39 is 0 Å². The minimum atomic E-state index is 0.0403. The van der Waals surface area contributed by atoms with E-state index in [0.717, 1.165) is 6.42 Å². The van der Waals surface area contributed by atoms with Gasteiger partial charge in [0.1, 0.15) is 0 Å². The van der Waals surface area contributed by atoms with Crippen molar-refractivity contribution in [1.29, 1.82) is 0 Å². The summed E-state index contributed by atoms with van der Waals surface area (Å²) in [6.07, 6.45) is 7.38. The third-order valence-electron chi connectivity index (χ3n) is 8.87. The Labute approximate surface area is 222 Å². The Kier molecular flexibility index (Phi) is 6.55. The van der Waals surface area contributed by atoms with E-state index in [9.17, 15) is 0 Å². The van der Waals surface area contributed by atoms with Crippen molar-refractivity contribution in [3.63, 3.8) is 0 Å². The van der Waals surface area contributed by atoms with Crippen molar-refractivity contribution in [3.8, 4) is 11.1 Å². The van der Waals surface area contributed by atoms with Crippen LogP contribution in [0.3, 0.4) is 0 Å². The molecule has 0 aromatic heterocycles. The van der Waals surface area contributed by atoms with Crippen LogP contribution in [0.15, 0.2) is 59.7 Å². The van der Waals surface area contributed by atoms with Crippen molar-refractivity contribution in [2.24, 2.45) is 16.7 Å². The molecule has 2 aromatic rings. The number of fused-ring (bicyclic) bond motifs is 3. The topological polar surface area (TPSA) is 0 Å². The fraction of sp³-hybridized carbons (Fsp3) is 0.556. The average Bonchev–Trinajstić information content (AvgIpc) is 3.35. The summed E-state index contributed by atoms with van der Waals surface area (Å²) in [5.74, 6) is 1.08. The van der Waals surface area contributed by atoms with Gasteiger partial charge in [-0.2, -0.15) is 0 Å². The van der Waals surface area contributed by atoms with Gasteiger partial charge < -0.3 is 0 Å². The predicted octanol–water partition coefficient (Wildman–Crippen LogP) is 10.7. The number of hydrogen-bond acceptors (Lipinski definition) is 0. The van der Waals surface area contributed by atoms with E-state index in [1.54, 1.807) is 5.57 Å². The molecule has 0 nitrogen and oxygen atoms in total. The molecule has 4 rings (SSSR count). The first-order valence-corrected chi connectivity index (χ1v) is 14.1. The summed E-state index contributed by atoms with van der Waals surface area (Å²) in [6, 6.07) is 14.7. The number of rotatable bonds is 5. The molecular weight excluding hydrogens is 432 g/mol. The number of hydrogen-bond donors (Lipinski definition) is 0. The molecular formula is C36H50. The van der Waals surface area contributed by atoms with Gasteiger partial charge in [-0.25, -0.2) is 0 Å². The standard InChI is InChI=1S/C36H50/c1-23(2)22-35(9,10)26-13-14-27(19-26)36(11,12)32-28-17-15-24(33(3,4)5)20-30(28)31-21-25(34(6,7)8)16-18-29(31)32/h13,15-21,23,32H,14,22H2,1-12H3. The van der Waals surface area contributed by atoms with Crippen molar-refractivity contribution in [1.82, 2.24) is 0 Å². The van der Waals surface area contributed by atoms with Crippen molar-refractivity contribution in [2.75, 3.05) is 0 Å². The lowest BCUT2D eigenvalue weighted by molar-refractivity contribution is 0.351. The highest BCUT2D eigenvalue weighted by Crippen LogP contribution is 2.58. The van der Waals surface area contributed by atoms with Gasteiger partial charge in [0.2, 0.25) is 0 Å². The first kappa shape index (κ1) is 27.0. The van der Waals surface area contributed by atoms with Gasteiger partial charge in [-0.3, -0.25) is 0 Å². The lowest BCUT2D eigenvalue weighted by atomic mass is 9.68. The molecule has 0 spiro atoms. The van der Waals surface area contributed by atoms with Crippen LogP contribution in [0, 0.1) is 16.7 Å². The molecule has 0 saturated heterocycles. The van der Waals surface area contributed by atoms with Crippen LogP contribution in [0.25, 0.3) is 11.1 Å². The zero-order valence-electron chi connectivity index (χ0n) is 25.2. The Morgan fingerprint density at radius 2 is 1.19 bits per heavy atom. The van der Waals surface area contributed by atoms with Gasteiger partial charge in [0.15, 0.2) is 0 Å². The first-order valence-electron chi connectivity index (χ1n) is 14.1. The van der Waals surface area contributed by atoms with Crippen LogP contribution < -0.4 is 0 Å². The molecule has 0 bridgehead atoms. The van der Waals surface area contributed by atoms with Crippen LogP contribution in [0.5, 0.6) is 0 Å². The second-order valence-corrected chi connectivity index (χ2v) is 15.3. The van der Waals surface area contributed by atoms with Gasteiger partial charge in [-0.05, 0) is 79.4 Å². The fourth-order valence-electron chi connectivity index (χ4n) is 6.73. The molecule has 0 heteroatoms. The average molecular weight is 483 g/mol. The molecule has 2 aromatic carbocycles. The number of allylic oxidation sites excluding steroid dienone is 4. The van der Waals surface area contributed by atoms with Crippen molar-refractivity contribution < 1.29 is 0 Å². The summed E-state index contributed by atoms with van der Waals surface area (Å²) in [4.78, 5) is 0. The highest BCUT2D eigenvalue weighted by atomic mass is 14.5. The van der Waals surface area contributed by atoms with E-state index in [2.05, 4.69) is 132 Å². The summed E-state index contributed by atoms with van der Waals surface area (Å²) < 4.78 is 0. The highest BCUT2D eigenvalue weighted by Gasteiger charge is 2.43. The third-order valence-corrected chi connectivity index (χ3v) is 8.87. The van der Waals surface area contributed by atoms with Gasteiger partial charge in [0.25, 0.3) is 0 Å². The van der Waals surface area contributed by atoms with Crippen LogP contribution >= 0.6 is 0 Å². The van der Waals surface area contributed by atoms with Crippen molar-refractivity contribution in [3.05, 3.63) is 82.0 Å². The maximum absolute atomic E-state index is 2.56. The van der Waals surface area contributed by atoms with Crippen LogP contribution in [0.1, 0.15) is 124 Å². The zero-order chi connectivity index (χ0) is 26.8. The van der Waals surface area contributed by atoms with Gasteiger partial charge in [-0.1, -0.05) is 137 Å². The van der Waals surface area contributed by atoms with E-state index in [-0.39, 0.29) is 21.7 Å². The Bertz CT molecular complexity index is 1150. The maximum atomic E-state index is 2.56. The first-order chi connectivity index (χ1) is 16.4. The molecule has 2 aliphatic carbocycles. The second kappa shape index (κ2) is 8.75. The largest absolute Gasteiger partial charge is 0.0767 e. The molecule has 0 atom stereocenters. The molecule has 0 amide bonds. The smallest absolute Gasteiger partial charge is 0.0190 e. The van der Waals surface area contributed by atoms with Gasteiger partial charge in [-0.15, -0.1) is 0 Å². The van der Waals surface area contributed by atoms with Crippen molar-refractivity contribution >= 4 is 0 Å². The summed E-state index contributed by atoms with van der Waals surface area (Å²) in [7, 11) is 0. The molecule has 0 N–H and O–H groups in total. The number of benzene rings is 2. The Morgan fingerprint density at radius 3 is 1.61 bits per heavy atom. The van der Waals surface area contributed by atoms with Crippen LogP contribution in [0.4, 0.5) is 0 Å². The molecule has 0 radical (unpaired) electrons. The normalized spacial score (nSPS) is 16.8. The lowest BCUT2D eigenvalue weighted by Gasteiger charge is -2.36. The van der Waals surface area contributed by atoms with Crippen LogP contribution in [0.2, 0.25) is 0 Å². The molecule has 0 saturated carbocycles. The molecule has 0 heterocycles. The van der Waals surface area contributed by atoms with E-state index in [0.29, 0.717) is 11.8 Å². The minimum absolute atomic E-state index is 0.0403. The van der Waals surface area contributed by atoms with Gasteiger partial charge >= 0.3 is 0 Å². The van der Waals surface area contributed by atoms with Gasteiger partial charge in [0, 0.05) is 5.92 Å². The van der Waals surface area contributed by atoms with Crippen molar-refractivity contribution in [2.45, 2.75) is 113 Å². The van der Waals surface area contributed by atoms with Crippen LogP contribution in [-0.4, -0.2) is 0 Å². The fourth-order valence-corrected chi connectivity index (χ4v) is 6.73. The molecule has 36 heavy (non-hydrogen) atoms. The maximum Gasteiger partial charge on any atom is 0.0190 e. The molecule has 0 unspecified atom stereocenters. The second-order valence-electron chi connectivity index (χ2n) is 15.3. The van der Waals surface area contributed by atoms with Gasteiger partial charge in [0.05, 0.1) is 0 Å². The summed E-state index contributed by atoms with van der Waals surface area (Å²) in [5, 5.41) is 0. The SMILES string of the molecule is CC(C)CC(C)(C)C1=CCC(C(C)(C)C2c3ccc(C(C)(C)C)cc3-c3cc(C(C)(C)C)ccc32)=C1. The Hall–Kier alpha value is -2.08. The van der Waals surface area contributed by atoms with E-state index >= 15 is 0 Å². The molecule has 0 fully saturated rings. The molecule has 2 aliphatic rings. The minimum Gasteiger partial charge on any atom is -0.0767 e. The summed E-state index contributed by atoms with van der Waals surface area (Å²) >= 11 is 0. The Morgan fingerprint density at radius 1 is 0.722 bits per heavy atom. The lowest BCUT2D eigenvalue weighted by Crippen LogP contribution is -2.24. The van der Waals surface area contributed by atoms with E-state index in [1.807, 2.05) is 0 Å².